The number of anilines is 2. The minimum atomic E-state index is -0.327. The molecule has 1 aromatic carbocycles. The second kappa shape index (κ2) is 7.57. The predicted molar refractivity (Wildman–Crippen MR) is 100 cm³/mol. The lowest BCUT2D eigenvalue weighted by molar-refractivity contribution is 0.102. The van der Waals surface area contributed by atoms with Gasteiger partial charge in [-0.05, 0) is 67.4 Å². The number of aryl methyl sites for hydroxylation is 2. The predicted octanol–water partition coefficient (Wildman–Crippen LogP) is 3.60. The van der Waals surface area contributed by atoms with Crippen LogP contribution in [-0.2, 0) is 0 Å². The molecule has 0 fully saturated rings. The minimum Gasteiger partial charge on any atom is -0.307 e. The zero-order valence-electron chi connectivity index (χ0n) is 14.5. The highest BCUT2D eigenvalue weighted by Gasteiger charge is 2.12. The molecule has 0 aliphatic heterocycles. The van der Waals surface area contributed by atoms with Crippen LogP contribution in [0, 0.1) is 13.8 Å². The summed E-state index contributed by atoms with van der Waals surface area (Å²) >= 11 is 0. The van der Waals surface area contributed by atoms with Crippen molar-refractivity contribution < 1.29 is 9.59 Å². The summed E-state index contributed by atoms with van der Waals surface area (Å²) in [6, 6.07) is 13.7. The molecule has 3 aromatic rings. The van der Waals surface area contributed by atoms with E-state index in [-0.39, 0.29) is 11.8 Å². The first-order chi connectivity index (χ1) is 12.5. The van der Waals surface area contributed by atoms with E-state index in [1.165, 1.54) is 6.07 Å². The van der Waals surface area contributed by atoms with Gasteiger partial charge < -0.3 is 10.6 Å². The number of nitrogens with zero attached hydrogens (tertiary/aromatic N) is 2. The molecule has 130 valence electrons. The van der Waals surface area contributed by atoms with Crippen LogP contribution in [0.1, 0.15) is 31.8 Å². The molecule has 0 saturated carbocycles. The first-order valence-electron chi connectivity index (χ1n) is 8.09. The topological polar surface area (TPSA) is 84.0 Å². The van der Waals surface area contributed by atoms with Gasteiger partial charge in [0.25, 0.3) is 11.8 Å². The summed E-state index contributed by atoms with van der Waals surface area (Å²) in [7, 11) is 0. The Hall–Kier alpha value is -3.54. The van der Waals surface area contributed by atoms with E-state index >= 15 is 0 Å². The molecule has 26 heavy (non-hydrogen) atoms. The van der Waals surface area contributed by atoms with E-state index in [1.807, 2.05) is 26.0 Å². The number of rotatable bonds is 4. The standard InChI is InChI=1S/C20H18N4O2/c1-13-6-8-21-17(10-13)23-19(25)15-4-3-5-16(12-15)20(26)24-18-11-14(2)7-9-22-18/h3-12H,1-2H3,(H,21,23,25)(H,22,24,26). The highest BCUT2D eigenvalue weighted by Crippen LogP contribution is 2.12. The van der Waals surface area contributed by atoms with Crippen molar-refractivity contribution >= 4 is 23.5 Å². The quantitative estimate of drug-likeness (QED) is 0.756. The summed E-state index contributed by atoms with van der Waals surface area (Å²) in [6.45, 7) is 3.84. The fraction of sp³-hybridized carbons (Fsp3) is 0.100. The van der Waals surface area contributed by atoms with Gasteiger partial charge in [-0.2, -0.15) is 0 Å². The molecule has 3 rings (SSSR count). The molecule has 2 amide bonds. The van der Waals surface area contributed by atoms with Crippen molar-refractivity contribution in [3.63, 3.8) is 0 Å². The Labute approximate surface area is 151 Å². The minimum absolute atomic E-state index is 0.327. The first-order valence-corrected chi connectivity index (χ1v) is 8.09. The van der Waals surface area contributed by atoms with Crippen LogP contribution in [0.25, 0.3) is 0 Å². The summed E-state index contributed by atoms with van der Waals surface area (Å²) in [4.78, 5) is 33.0. The maximum absolute atomic E-state index is 12.4. The van der Waals surface area contributed by atoms with Crippen molar-refractivity contribution in [3.8, 4) is 0 Å². The Kier molecular flexibility index (Phi) is 5.03. The van der Waals surface area contributed by atoms with Crippen molar-refractivity contribution in [3.05, 3.63) is 83.2 Å². The monoisotopic (exact) mass is 346 g/mol. The number of hydrogen-bond donors (Lipinski definition) is 2. The number of carbonyl (C=O) groups is 2. The number of pyridine rings is 2. The molecular weight excluding hydrogens is 328 g/mol. The Morgan fingerprint density at radius 2 is 1.19 bits per heavy atom. The van der Waals surface area contributed by atoms with Crippen LogP contribution in [0.2, 0.25) is 0 Å². The number of benzene rings is 1. The van der Waals surface area contributed by atoms with Gasteiger partial charge >= 0.3 is 0 Å². The number of aromatic nitrogens is 2. The highest BCUT2D eigenvalue weighted by molar-refractivity contribution is 6.08. The highest BCUT2D eigenvalue weighted by atomic mass is 16.2. The van der Waals surface area contributed by atoms with E-state index in [4.69, 9.17) is 0 Å². The van der Waals surface area contributed by atoms with Crippen LogP contribution in [0.4, 0.5) is 11.6 Å². The maximum atomic E-state index is 12.4. The molecule has 0 saturated heterocycles. The van der Waals surface area contributed by atoms with E-state index in [2.05, 4.69) is 20.6 Å². The number of nitrogens with one attached hydrogen (secondary N) is 2. The van der Waals surface area contributed by atoms with Crippen LogP contribution in [-0.4, -0.2) is 21.8 Å². The van der Waals surface area contributed by atoms with Crippen molar-refractivity contribution in [2.24, 2.45) is 0 Å². The molecule has 2 heterocycles. The fourth-order valence-corrected chi connectivity index (χ4v) is 2.39. The fourth-order valence-electron chi connectivity index (χ4n) is 2.39. The lowest BCUT2D eigenvalue weighted by atomic mass is 10.1. The number of hydrogen-bond acceptors (Lipinski definition) is 4. The molecule has 0 atom stereocenters. The molecule has 0 aliphatic rings. The van der Waals surface area contributed by atoms with Crippen molar-refractivity contribution in [2.45, 2.75) is 13.8 Å². The van der Waals surface area contributed by atoms with Crippen molar-refractivity contribution in [2.75, 3.05) is 10.6 Å². The lowest BCUT2D eigenvalue weighted by Crippen LogP contribution is -2.16. The van der Waals surface area contributed by atoms with E-state index in [0.29, 0.717) is 22.8 Å². The summed E-state index contributed by atoms with van der Waals surface area (Å²) in [5, 5.41) is 5.46. The molecule has 0 aliphatic carbocycles. The third-order valence-electron chi connectivity index (χ3n) is 3.70. The molecular formula is C20H18N4O2. The molecule has 6 heteroatoms. The zero-order valence-corrected chi connectivity index (χ0v) is 14.5. The van der Waals surface area contributed by atoms with Crippen LogP contribution in [0.5, 0.6) is 0 Å². The molecule has 2 N–H and O–H groups in total. The van der Waals surface area contributed by atoms with Gasteiger partial charge in [-0.3, -0.25) is 9.59 Å². The van der Waals surface area contributed by atoms with Gasteiger partial charge in [0.2, 0.25) is 0 Å². The smallest absolute Gasteiger partial charge is 0.256 e. The third kappa shape index (κ3) is 4.30. The van der Waals surface area contributed by atoms with Gasteiger partial charge in [-0.15, -0.1) is 0 Å². The third-order valence-corrected chi connectivity index (χ3v) is 3.70. The lowest BCUT2D eigenvalue weighted by Gasteiger charge is -2.08. The van der Waals surface area contributed by atoms with Gasteiger partial charge in [0.15, 0.2) is 0 Å². The molecule has 0 bridgehead atoms. The van der Waals surface area contributed by atoms with Crippen LogP contribution in [0.3, 0.4) is 0 Å². The molecule has 0 spiro atoms. The van der Waals surface area contributed by atoms with Gasteiger partial charge in [0, 0.05) is 23.5 Å². The number of carbonyl (C=O) groups excluding carboxylic acids is 2. The SMILES string of the molecule is Cc1ccnc(NC(=O)c2cccc(C(=O)Nc3cc(C)ccn3)c2)c1. The number of amides is 2. The summed E-state index contributed by atoms with van der Waals surface area (Å²) in [5.74, 6) is 0.278. The Morgan fingerprint density at radius 3 is 1.62 bits per heavy atom. The molecule has 0 radical (unpaired) electrons. The summed E-state index contributed by atoms with van der Waals surface area (Å²) < 4.78 is 0. The molecule has 6 nitrogen and oxygen atoms in total. The summed E-state index contributed by atoms with van der Waals surface area (Å²) in [6.07, 6.45) is 3.26. The normalized spacial score (nSPS) is 10.2. The first kappa shape index (κ1) is 17.3. The van der Waals surface area contributed by atoms with Crippen LogP contribution < -0.4 is 10.6 Å². The van der Waals surface area contributed by atoms with E-state index < -0.39 is 0 Å². The summed E-state index contributed by atoms with van der Waals surface area (Å²) in [5.41, 5.74) is 2.74. The second-order valence-corrected chi connectivity index (χ2v) is 5.93. The maximum Gasteiger partial charge on any atom is 0.256 e. The van der Waals surface area contributed by atoms with Crippen molar-refractivity contribution in [1.82, 2.24) is 9.97 Å². The Bertz CT molecular complexity index is 895. The average molecular weight is 346 g/mol. The van der Waals surface area contributed by atoms with E-state index in [0.717, 1.165) is 11.1 Å². The Balaban J connectivity index is 1.75. The van der Waals surface area contributed by atoms with Gasteiger partial charge in [0.1, 0.15) is 11.6 Å². The van der Waals surface area contributed by atoms with E-state index in [1.54, 1.807) is 42.7 Å². The van der Waals surface area contributed by atoms with Gasteiger partial charge in [-0.25, -0.2) is 9.97 Å². The zero-order chi connectivity index (χ0) is 18.5. The van der Waals surface area contributed by atoms with E-state index in [9.17, 15) is 9.59 Å². The molecule has 0 unspecified atom stereocenters. The second-order valence-electron chi connectivity index (χ2n) is 5.93. The van der Waals surface area contributed by atoms with Crippen molar-refractivity contribution in [1.29, 1.82) is 0 Å². The molecule has 2 aromatic heterocycles. The van der Waals surface area contributed by atoms with Crippen LogP contribution in [0.15, 0.2) is 60.9 Å². The van der Waals surface area contributed by atoms with Gasteiger partial charge in [-0.1, -0.05) is 6.07 Å². The van der Waals surface area contributed by atoms with Crippen LogP contribution >= 0.6 is 0 Å². The van der Waals surface area contributed by atoms with Gasteiger partial charge in [0.05, 0.1) is 0 Å². The average Bonchev–Trinajstić information content (AvgIpc) is 2.62. The largest absolute Gasteiger partial charge is 0.307 e. The Morgan fingerprint density at radius 1 is 0.731 bits per heavy atom.